The number of rotatable bonds is 4. The van der Waals surface area contributed by atoms with Gasteiger partial charge in [0.05, 0.1) is 18.8 Å². The second-order valence-corrected chi connectivity index (χ2v) is 6.81. The predicted octanol–water partition coefficient (Wildman–Crippen LogP) is 2.36. The number of nitrogens with zero attached hydrogens (tertiary/aromatic N) is 5. The molecule has 0 radical (unpaired) electrons. The number of hydrogen-bond donors (Lipinski definition) is 0. The van der Waals surface area contributed by atoms with Crippen LogP contribution in [-0.4, -0.2) is 47.0 Å². The highest BCUT2D eigenvalue weighted by atomic mass is 16.2. The number of nitriles is 1. The first kappa shape index (κ1) is 17.9. The number of carbonyl (C=O) groups is 1. The molecule has 1 aromatic heterocycles. The molecular formula is C20H23N5O. The van der Waals surface area contributed by atoms with Gasteiger partial charge in [0, 0.05) is 26.2 Å². The first-order chi connectivity index (χ1) is 12.6. The molecule has 6 nitrogen and oxygen atoms in total. The number of hydrogen-bond acceptors (Lipinski definition) is 5. The molecule has 1 aliphatic heterocycles. The van der Waals surface area contributed by atoms with Gasteiger partial charge < -0.3 is 9.80 Å². The molecule has 1 aliphatic rings. The van der Waals surface area contributed by atoms with Gasteiger partial charge in [-0.1, -0.05) is 38.1 Å². The average molecular weight is 349 g/mol. The van der Waals surface area contributed by atoms with Gasteiger partial charge in [-0.05, 0) is 17.0 Å². The molecule has 0 bridgehead atoms. The van der Waals surface area contributed by atoms with Crippen LogP contribution in [0.4, 0.5) is 5.82 Å². The van der Waals surface area contributed by atoms with Crippen molar-refractivity contribution >= 4 is 11.7 Å². The number of anilines is 1. The SMILES string of the molecule is CC(C)c1ccc(CC(=O)N2CCN(c3cnc(C#N)cn3)CC2)cc1. The highest BCUT2D eigenvalue weighted by Gasteiger charge is 2.22. The van der Waals surface area contributed by atoms with Gasteiger partial charge in [0.15, 0.2) is 5.69 Å². The summed E-state index contributed by atoms with van der Waals surface area (Å²) in [5.74, 6) is 1.41. The number of aromatic nitrogens is 2. The molecule has 0 atom stereocenters. The second-order valence-electron chi connectivity index (χ2n) is 6.81. The molecule has 2 heterocycles. The van der Waals surface area contributed by atoms with E-state index in [1.54, 1.807) is 6.20 Å². The fraction of sp³-hybridized carbons (Fsp3) is 0.400. The number of carbonyl (C=O) groups excluding carboxylic acids is 1. The van der Waals surface area contributed by atoms with Crippen molar-refractivity contribution in [2.45, 2.75) is 26.2 Å². The second kappa shape index (κ2) is 7.96. The van der Waals surface area contributed by atoms with E-state index in [9.17, 15) is 4.79 Å². The van der Waals surface area contributed by atoms with Crippen molar-refractivity contribution < 1.29 is 4.79 Å². The lowest BCUT2D eigenvalue weighted by Crippen LogP contribution is -2.49. The van der Waals surface area contributed by atoms with Crippen LogP contribution in [0.15, 0.2) is 36.7 Å². The van der Waals surface area contributed by atoms with E-state index in [1.165, 1.54) is 11.8 Å². The summed E-state index contributed by atoms with van der Waals surface area (Å²) in [7, 11) is 0. The van der Waals surface area contributed by atoms with Crippen LogP contribution in [0.3, 0.4) is 0 Å². The average Bonchev–Trinajstić information content (AvgIpc) is 2.68. The van der Waals surface area contributed by atoms with Crippen molar-refractivity contribution in [1.82, 2.24) is 14.9 Å². The zero-order chi connectivity index (χ0) is 18.5. The van der Waals surface area contributed by atoms with Crippen molar-refractivity contribution in [2.24, 2.45) is 0 Å². The van der Waals surface area contributed by atoms with Crippen LogP contribution in [0.5, 0.6) is 0 Å². The van der Waals surface area contributed by atoms with E-state index in [-0.39, 0.29) is 5.91 Å². The van der Waals surface area contributed by atoms with E-state index in [2.05, 4.69) is 53.0 Å². The number of piperazine rings is 1. The van der Waals surface area contributed by atoms with Gasteiger partial charge in [0.2, 0.25) is 5.91 Å². The Balaban J connectivity index is 1.53. The monoisotopic (exact) mass is 349 g/mol. The Labute approximate surface area is 154 Å². The van der Waals surface area contributed by atoms with E-state index in [4.69, 9.17) is 5.26 Å². The molecule has 134 valence electrons. The smallest absolute Gasteiger partial charge is 0.227 e. The fourth-order valence-electron chi connectivity index (χ4n) is 3.03. The zero-order valence-corrected chi connectivity index (χ0v) is 15.2. The maximum Gasteiger partial charge on any atom is 0.227 e. The van der Waals surface area contributed by atoms with E-state index >= 15 is 0 Å². The standard InChI is InChI=1S/C20H23N5O/c1-15(2)17-5-3-16(4-6-17)11-20(26)25-9-7-24(8-10-25)19-14-22-18(12-21)13-23-19/h3-6,13-15H,7-11H2,1-2H3. The molecule has 6 heteroatoms. The summed E-state index contributed by atoms with van der Waals surface area (Å²) in [6.45, 7) is 7.11. The van der Waals surface area contributed by atoms with Crippen LogP contribution >= 0.6 is 0 Å². The highest BCUT2D eigenvalue weighted by Crippen LogP contribution is 2.16. The molecule has 0 unspecified atom stereocenters. The van der Waals surface area contributed by atoms with Crippen LogP contribution in [-0.2, 0) is 11.2 Å². The van der Waals surface area contributed by atoms with Gasteiger partial charge in [-0.25, -0.2) is 9.97 Å². The summed E-state index contributed by atoms with van der Waals surface area (Å²) in [5.41, 5.74) is 2.66. The predicted molar refractivity (Wildman–Crippen MR) is 99.8 cm³/mol. The Morgan fingerprint density at radius 3 is 2.35 bits per heavy atom. The summed E-state index contributed by atoms with van der Waals surface area (Å²) in [6, 6.07) is 10.3. The molecule has 1 saturated heterocycles. The molecule has 0 spiro atoms. The first-order valence-electron chi connectivity index (χ1n) is 8.90. The van der Waals surface area contributed by atoms with Gasteiger partial charge in [-0.15, -0.1) is 0 Å². The van der Waals surface area contributed by atoms with Crippen LogP contribution < -0.4 is 4.90 Å². The van der Waals surface area contributed by atoms with Crippen LogP contribution in [0, 0.1) is 11.3 Å². The highest BCUT2D eigenvalue weighted by molar-refractivity contribution is 5.79. The lowest BCUT2D eigenvalue weighted by molar-refractivity contribution is -0.130. The summed E-state index contributed by atoms with van der Waals surface area (Å²) < 4.78 is 0. The molecule has 3 rings (SSSR count). The van der Waals surface area contributed by atoms with Gasteiger partial charge in [0.1, 0.15) is 11.9 Å². The molecular weight excluding hydrogens is 326 g/mol. The zero-order valence-electron chi connectivity index (χ0n) is 15.2. The first-order valence-corrected chi connectivity index (χ1v) is 8.90. The van der Waals surface area contributed by atoms with Crippen molar-refractivity contribution in [2.75, 3.05) is 31.1 Å². The third kappa shape index (κ3) is 4.17. The summed E-state index contributed by atoms with van der Waals surface area (Å²) >= 11 is 0. The van der Waals surface area contributed by atoms with Gasteiger partial charge in [-0.2, -0.15) is 5.26 Å². The molecule has 0 N–H and O–H groups in total. The molecule has 0 saturated carbocycles. The third-order valence-electron chi connectivity index (χ3n) is 4.71. The Morgan fingerprint density at radius 1 is 1.12 bits per heavy atom. The van der Waals surface area contributed by atoms with Crippen molar-refractivity contribution in [1.29, 1.82) is 5.26 Å². The van der Waals surface area contributed by atoms with E-state index in [1.807, 2.05) is 11.0 Å². The normalized spacial score (nSPS) is 14.4. The van der Waals surface area contributed by atoms with Crippen LogP contribution in [0.2, 0.25) is 0 Å². The van der Waals surface area contributed by atoms with Crippen LogP contribution in [0.1, 0.15) is 36.6 Å². The summed E-state index contributed by atoms with van der Waals surface area (Å²) in [4.78, 5) is 24.9. The van der Waals surface area contributed by atoms with Crippen molar-refractivity contribution in [3.63, 3.8) is 0 Å². The van der Waals surface area contributed by atoms with Gasteiger partial charge >= 0.3 is 0 Å². The van der Waals surface area contributed by atoms with E-state index < -0.39 is 0 Å². The molecule has 1 aromatic carbocycles. The Bertz CT molecular complexity index is 784. The largest absolute Gasteiger partial charge is 0.352 e. The fourth-order valence-corrected chi connectivity index (χ4v) is 3.03. The Hall–Kier alpha value is -2.94. The third-order valence-corrected chi connectivity index (χ3v) is 4.71. The minimum Gasteiger partial charge on any atom is -0.352 e. The topological polar surface area (TPSA) is 73.1 Å². The quantitative estimate of drug-likeness (QED) is 0.847. The number of benzene rings is 1. The molecule has 1 amide bonds. The molecule has 26 heavy (non-hydrogen) atoms. The Kier molecular flexibility index (Phi) is 5.47. The van der Waals surface area contributed by atoms with Crippen molar-refractivity contribution in [3.8, 4) is 6.07 Å². The van der Waals surface area contributed by atoms with Crippen molar-refractivity contribution in [3.05, 3.63) is 53.5 Å². The number of amides is 1. The molecule has 2 aromatic rings. The maximum absolute atomic E-state index is 12.6. The van der Waals surface area contributed by atoms with E-state index in [0.29, 0.717) is 31.1 Å². The van der Waals surface area contributed by atoms with E-state index in [0.717, 1.165) is 24.5 Å². The Morgan fingerprint density at radius 2 is 1.81 bits per heavy atom. The van der Waals surface area contributed by atoms with Gasteiger partial charge in [0.25, 0.3) is 0 Å². The molecule has 1 fully saturated rings. The maximum atomic E-state index is 12.6. The van der Waals surface area contributed by atoms with Gasteiger partial charge in [-0.3, -0.25) is 4.79 Å². The van der Waals surface area contributed by atoms with Crippen LogP contribution in [0.25, 0.3) is 0 Å². The summed E-state index contributed by atoms with van der Waals surface area (Å²) in [5, 5.41) is 8.79. The molecule has 0 aliphatic carbocycles. The summed E-state index contributed by atoms with van der Waals surface area (Å²) in [6.07, 6.45) is 3.54. The lowest BCUT2D eigenvalue weighted by atomic mass is 10.0. The minimum absolute atomic E-state index is 0.160. The lowest BCUT2D eigenvalue weighted by Gasteiger charge is -2.35. The minimum atomic E-state index is 0.160.